The van der Waals surface area contributed by atoms with E-state index in [0.29, 0.717) is 6.54 Å². The van der Waals surface area contributed by atoms with Crippen LogP contribution in [0.4, 0.5) is 14.5 Å². The average molecular weight is 257 g/mol. The molecule has 0 saturated heterocycles. The lowest BCUT2D eigenvalue weighted by Crippen LogP contribution is -2.30. The van der Waals surface area contributed by atoms with Crippen LogP contribution in [0.2, 0.25) is 0 Å². The zero-order valence-electron chi connectivity index (χ0n) is 10.9. The molecule has 1 rings (SSSR count). The fourth-order valence-corrected chi connectivity index (χ4v) is 1.84. The number of hydrogen-bond acceptors (Lipinski definition) is 2. The molecule has 0 unspecified atom stereocenters. The average Bonchev–Trinajstić information content (AvgIpc) is 2.12. The molecule has 18 heavy (non-hydrogen) atoms. The first-order chi connectivity index (χ1) is 8.11. The van der Waals surface area contributed by atoms with E-state index < -0.39 is 23.2 Å². The summed E-state index contributed by atoms with van der Waals surface area (Å²) in [6.07, 6.45) is 0. The highest BCUT2D eigenvalue weighted by molar-refractivity contribution is 5.88. The molecule has 0 aromatic heterocycles. The molecular formula is C13H17F2NO2. The first-order valence-corrected chi connectivity index (χ1v) is 5.55. The lowest BCUT2D eigenvalue weighted by atomic mass is 9.96. The molecule has 0 spiro atoms. The summed E-state index contributed by atoms with van der Waals surface area (Å²) in [6, 6.07) is 1.67. The molecule has 0 radical (unpaired) electrons. The fraction of sp³-hybridized carbons (Fsp3) is 0.462. The Morgan fingerprint density at radius 2 is 1.72 bits per heavy atom. The number of benzene rings is 1. The maximum atomic E-state index is 13.8. The van der Waals surface area contributed by atoms with Crippen LogP contribution in [-0.4, -0.2) is 24.7 Å². The molecule has 3 nitrogen and oxygen atoms in total. The molecule has 0 aliphatic carbocycles. The molecule has 0 atom stereocenters. The monoisotopic (exact) mass is 257 g/mol. The van der Waals surface area contributed by atoms with Crippen molar-refractivity contribution >= 4 is 11.7 Å². The van der Waals surface area contributed by atoms with Gasteiger partial charge in [-0.1, -0.05) is 20.8 Å². The third-order valence-corrected chi connectivity index (χ3v) is 2.36. The number of aromatic carboxylic acids is 1. The SMILES string of the molecule is CN(CC(C)(C)C)c1c(F)cc(C(=O)O)cc1F. The third kappa shape index (κ3) is 3.42. The molecule has 100 valence electrons. The van der Waals surface area contributed by atoms with Crippen molar-refractivity contribution in [1.29, 1.82) is 0 Å². The van der Waals surface area contributed by atoms with Gasteiger partial charge in [0.1, 0.15) is 17.3 Å². The first-order valence-electron chi connectivity index (χ1n) is 5.55. The zero-order valence-corrected chi connectivity index (χ0v) is 10.9. The van der Waals surface area contributed by atoms with Crippen LogP contribution in [0.5, 0.6) is 0 Å². The molecule has 1 aromatic carbocycles. The van der Waals surface area contributed by atoms with Gasteiger partial charge in [-0.25, -0.2) is 13.6 Å². The lowest BCUT2D eigenvalue weighted by Gasteiger charge is -2.28. The standard InChI is InChI=1S/C13H17F2NO2/c1-13(2,3)7-16(4)11-9(14)5-8(12(17)18)6-10(11)15/h5-6H,7H2,1-4H3,(H,17,18). The Morgan fingerprint density at radius 1 is 1.28 bits per heavy atom. The van der Waals surface area contributed by atoms with E-state index in [9.17, 15) is 13.6 Å². The normalized spacial score (nSPS) is 11.4. The molecular weight excluding hydrogens is 240 g/mol. The highest BCUT2D eigenvalue weighted by Gasteiger charge is 2.21. The Labute approximate surface area is 105 Å². The summed E-state index contributed by atoms with van der Waals surface area (Å²) in [5, 5.41) is 8.70. The van der Waals surface area contributed by atoms with Crippen LogP contribution in [0.3, 0.4) is 0 Å². The van der Waals surface area contributed by atoms with Crippen LogP contribution in [-0.2, 0) is 0 Å². The number of carboxylic acid groups (broad SMARTS) is 1. The summed E-state index contributed by atoms with van der Waals surface area (Å²) in [5.41, 5.74) is -0.716. The van der Waals surface area contributed by atoms with Crippen LogP contribution in [0.25, 0.3) is 0 Å². The largest absolute Gasteiger partial charge is 0.478 e. The first kappa shape index (κ1) is 14.4. The van der Waals surface area contributed by atoms with Gasteiger partial charge in [0, 0.05) is 13.6 Å². The van der Waals surface area contributed by atoms with Crippen molar-refractivity contribution < 1.29 is 18.7 Å². The van der Waals surface area contributed by atoms with Gasteiger partial charge in [0.15, 0.2) is 0 Å². The number of rotatable bonds is 3. The molecule has 1 aromatic rings. The van der Waals surface area contributed by atoms with Crippen molar-refractivity contribution in [3.63, 3.8) is 0 Å². The van der Waals surface area contributed by atoms with Gasteiger partial charge in [-0.15, -0.1) is 0 Å². The van der Waals surface area contributed by atoms with E-state index in [1.165, 1.54) is 4.90 Å². The Bertz CT molecular complexity index is 444. The van der Waals surface area contributed by atoms with Crippen LogP contribution in [0.15, 0.2) is 12.1 Å². The van der Waals surface area contributed by atoms with Crippen molar-refractivity contribution in [3.8, 4) is 0 Å². The topological polar surface area (TPSA) is 40.5 Å². The number of carboxylic acids is 1. The second-order valence-electron chi connectivity index (χ2n) is 5.51. The minimum Gasteiger partial charge on any atom is -0.478 e. The number of anilines is 1. The summed E-state index contributed by atoms with van der Waals surface area (Å²) in [4.78, 5) is 12.1. The van der Waals surface area contributed by atoms with Crippen LogP contribution < -0.4 is 4.90 Å². The highest BCUT2D eigenvalue weighted by atomic mass is 19.1. The van der Waals surface area contributed by atoms with Gasteiger partial charge >= 0.3 is 5.97 Å². The van der Waals surface area contributed by atoms with E-state index in [4.69, 9.17) is 5.11 Å². The van der Waals surface area contributed by atoms with Gasteiger partial charge in [0.2, 0.25) is 0 Å². The second kappa shape index (κ2) is 4.92. The predicted octanol–water partition coefficient (Wildman–Crippen LogP) is 3.15. The third-order valence-electron chi connectivity index (χ3n) is 2.36. The van der Waals surface area contributed by atoms with Crippen molar-refractivity contribution in [3.05, 3.63) is 29.3 Å². The van der Waals surface area contributed by atoms with Crippen LogP contribution in [0, 0.1) is 17.0 Å². The second-order valence-corrected chi connectivity index (χ2v) is 5.51. The van der Waals surface area contributed by atoms with Gasteiger partial charge < -0.3 is 10.0 Å². The van der Waals surface area contributed by atoms with Crippen molar-refractivity contribution in [2.75, 3.05) is 18.5 Å². The molecule has 0 bridgehead atoms. The molecule has 0 heterocycles. The Hall–Kier alpha value is -1.65. The van der Waals surface area contributed by atoms with E-state index in [1.807, 2.05) is 20.8 Å². The molecule has 0 aliphatic rings. The molecule has 0 saturated carbocycles. The summed E-state index contributed by atoms with van der Waals surface area (Å²) >= 11 is 0. The van der Waals surface area contributed by atoms with Gasteiger partial charge in [0.05, 0.1) is 5.56 Å². The Kier molecular flexibility index (Phi) is 3.94. The Balaban J connectivity index is 3.14. The van der Waals surface area contributed by atoms with E-state index in [2.05, 4.69) is 0 Å². The summed E-state index contributed by atoms with van der Waals surface area (Å²) in [6.45, 7) is 6.30. The molecule has 0 aliphatic heterocycles. The molecule has 0 fully saturated rings. The lowest BCUT2D eigenvalue weighted by molar-refractivity contribution is 0.0695. The Morgan fingerprint density at radius 3 is 2.06 bits per heavy atom. The van der Waals surface area contributed by atoms with E-state index >= 15 is 0 Å². The van der Waals surface area contributed by atoms with E-state index in [1.54, 1.807) is 7.05 Å². The van der Waals surface area contributed by atoms with Gasteiger partial charge in [-0.3, -0.25) is 0 Å². The quantitative estimate of drug-likeness (QED) is 0.904. The maximum Gasteiger partial charge on any atom is 0.335 e. The minimum atomic E-state index is -1.35. The van der Waals surface area contributed by atoms with Crippen molar-refractivity contribution in [1.82, 2.24) is 0 Å². The zero-order chi connectivity index (χ0) is 14.1. The van der Waals surface area contributed by atoms with Crippen LogP contribution in [0.1, 0.15) is 31.1 Å². The minimum absolute atomic E-state index is 0.126. The maximum absolute atomic E-state index is 13.8. The molecule has 0 amide bonds. The summed E-state index contributed by atoms with van der Waals surface area (Å²) in [7, 11) is 1.58. The summed E-state index contributed by atoms with van der Waals surface area (Å²) < 4.78 is 27.5. The smallest absolute Gasteiger partial charge is 0.335 e. The van der Waals surface area contributed by atoms with Gasteiger partial charge in [0.25, 0.3) is 0 Å². The number of hydrogen-bond donors (Lipinski definition) is 1. The van der Waals surface area contributed by atoms with Crippen LogP contribution >= 0.6 is 0 Å². The van der Waals surface area contributed by atoms with Gasteiger partial charge in [-0.2, -0.15) is 0 Å². The highest BCUT2D eigenvalue weighted by Crippen LogP contribution is 2.27. The van der Waals surface area contributed by atoms with Crippen molar-refractivity contribution in [2.24, 2.45) is 5.41 Å². The van der Waals surface area contributed by atoms with E-state index in [0.717, 1.165) is 12.1 Å². The number of halogens is 2. The molecule has 1 N–H and O–H groups in total. The van der Waals surface area contributed by atoms with E-state index in [-0.39, 0.29) is 11.1 Å². The predicted molar refractivity (Wildman–Crippen MR) is 66.0 cm³/mol. The van der Waals surface area contributed by atoms with Crippen molar-refractivity contribution in [2.45, 2.75) is 20.8 Å². The fourth-order valence-electron chi connectivity index (χ4n) is 1.84. The number of nitrogens with zero attached hydrogens (tertiary/aromatic N) is 1. The summed E-state index contributed by atoms with van der Waals surface area (Å²) in [5.74, 6) is -3.07. The van der Waals surface area contributed by atoms with Gasteiger partial charge in [-0.05, 0) is 17.5 Å². The molecule has 5 heteroatoms. The number of carbonyl (C=O) groups is 1.